The van der Waals surface area contributed by atoms with E-state index in [-0.39, 0.29) is 30.1 Å². The van der Waals surface area contributed by atoms with Crippen molar-refractivity contribution >= 4 is 22.8 Å². The van der Waals surface area contributed by atoms with Crippen molar-refractivity contribution in [1.29, 1.82) is 0 Å². The zero-order valence-corrected chi connectivity index (χ0v) is 15.7. The van der Waals surface area contributed by atoms with Crippen molar-refractivity contribution < 1.29 is 18.7 Å². The summed E-state index contributed by atoms with van der Waals surface area (Å²) in [4.78, 5) is 36.3. The van der Waals surface area contributed by atoms with Crippen LogP contribution in [0.15, 0.2) is 39.5 Å². The third-order valence-electron chi connectivity index (χ3n) is 4.24. The number of methoxy groups -OCH3 is 1. The van der Waals surface area contributed by atoms with Gasteiger partial charge in [0.05, 0.1) is 12.7 Å². The largest absolute Gasteiger partial charge is 0.497 e. The molecule has 2 N–H and O–H groups in total. The van der Waals surface area contributed by atoms with Gasteiger partial charge in [-0.1, -0.05) is 0 Å². The van der Waals surface area contributed by atoms with Crippen LogP contribution in [0.2, 0.25) is 0 Å². The molecule has 2 heterocycles. The molecule has 0 saturated carbocycles. The molecule has 2 aromatic heterocycles. The molecule has 2 amide bonds. The van der Waals surface area contributed by atoms with E-state index in [9.17, 15) is 14.4 Å². The normalized spacial score (nSPS) is 10.7. The number of carbonyl (C=O) groups is 2. The Morgan fingerprint density at radius 1 is 1.14 bits per heavy atom. The molecule has 0 fully saturated rings. The first-order chi connectivity index (χ1) is 13.4. The van der Waals surface area contributed by atoms with Crippen molar-refractivity contribution in [2.24, 2.45) is 7.05 Å². The summed E-state index contributed by atoms with van der Waals surface area (Å²) in [5, 5.41) is 9.95. The molecule has 0 atom stereocenters. The Balaban J connectivity index is 1.63. The van der Waals surface area contributed by atoms with E-state index in [0.717, 1.165) is 11.8 Å². The number of carbonyl (C=O) groups excluding carboxylic acids is 2. The number of fused-ring (bicyclic) bond motifs is 1. The number of nitrogens with zero attached hydrogens (tertiary/aromatic N) is 2. The molecular weight excluding hydrogens is 364 g/mol. The second kappa shape index (κ2) is 7.95. The average molecular weight is 384 g/mol. The first kappa shape index (κ1) is 19.2. The molecule has 0 bridgehead atoms. The Labute approximate surface area is 160 Å². The predicted octanol–water partition coefficient (Wildman–Crippen LogP) is 1.00. The van der Waals surface area contributed by atoms with Crippen molar-refractivity contribution in [3.63, 3.8) is 0 Å². The smallest absolute Gasteiger partial charge is 0.337 e. The van der Waals surface area contributed by atoms with Gasteiger partial charge in [-0.2, -0.15) is 5.10 Å². The molecule has 0 aliphatic heterocycles. The maximum absolute atomic E-state index is 12.5. The van der Waals surface area contributed by atoms with Crippen LogP contribution in [0.1, 0.15) is 26.5 Å². The van der Waals surface area contributed by atoms with Gasteiger partial charge in [-0.05, 0) is 25.1 Å². The van der Waals surface area contributed by atoms with E-state index in [4.69, 9.17) is 9.15 Å². The molecule has 0 saturated heterocycles. The summed E-state index contributed by atoms with van der Waals surface area (Å²) in [5.41, 5.74) is 0.998. The van der Waals surface area contributed by atoms with E-state index in [2.05, 4.69) is 15.7 Å². The van der Waals surface area contributed by atoms with Gasteiger partial charge in [0, 0.05) is 43.4 Å². The minimum atomic E-state index is -0.635. The number of aromatic nitrogens is 2. The number of ether oxygens (including phenoxy) is 1. The van der Waals surface area contributed by atoms with Gasteiger partial charge in [0.1, 0.15) is 17.0 Å². The van der Waals surface area contributed by atoms with Crippen LogP contribution in [0, 0.1) is 6.92 Å². The van der Waals surface area contributed by atoms with Crippen LogP contribution in [-0.2, 0) is 7.05 Å². The molecule has 28 heavy (non-hydrogen) atoms. The maximum atomic E-state index is 12.5. The lowest BCUT2D eigenvalue weighted by molar-refractivity contribution is 0.0925. The lowest BCUT2D eigenvalue weighted by Gasteiger charge is -2.08. The summed E-state index contributed by atoms with van der Waals surface area (Å²) in [6.45, 7) is 2.25. The summed E-state index contributed by atoms with van der Waals surface area (Å²) in [6, 6.07) is 7.69. The Morgan fingerprint density at radius 2 is 1.86 bits per heavy atom. The minimum absolute atomic E-state index is 0.189. The first-order valence-corrected chi connectivity index (χ1v) is 8.58. The number of rotatable bonds is 6. The maximum Gasteiger partial charge on any atom is 0.337 e. The van der Waals surface area contributed by atoms with Crippen LogP contribution >= 0.6 is 0 Å². The lowest BCUT2D eigenvalue weighted by Crippen LogP contribution is -2.35. The highest BCUT2D eigenvalue weighted by atomic mass is 16.5. The third-order valence-corrected chi connectivity index (χ3v) is 4.24. The third kappa shape index (κ3) is 4.03. The van der Waals surface area contributed by atoms with Crippen LogP contribution in [0.3, 0.4) is 0 Å². The Morgan fingerprint density at radius 3 is 2.50 bits per heavy atom. The molecule has 0 radical (unpaired) electrons. The molecule has 3 aromatic rings. The molecule has 0 spiro atoms. The highest BCUT2D eigenvalue weighted by Crippen LogP contribution is 2.22. The van der Waals surface area contributed by atoms with E-state index in [1.807, 2.05) is 6.92 Å². The summed E-state index contributed by atoms with van der Waals surface area (Å²) < 4.78 is 11.8. The summed E-state index contributed by atoms with van der Waals surface area (Å²) in [6.07, 6.45) is 0. The lowest BCUT2D eigenvalue weighted by atomic mass is 10.1. The van der Waals surface area contributed by atoms with Crippen molar-refractivity contribution in [2.45, 2.75) is 6.92 Å². The quantitative estimate of drug-likeness (QED) is 0.484. The fourth-order valence-electron chi connectivity index (χ4n) is 2.67. The zero-order valence-electron chi connectivity index (χ0n) is 15.7. The highest BCUT2D eigenvalue weighted by molar-refractivity contribution is 6.05. The zero-order chi connectivity index (χ0) is 20.3. The molecule has 9 nitrogen and oxygen atoms in total. The van der Waals surface area contributed by atoms with E-state index >= 15 is 0 Å². The monoisotopic (exact) mass is 384 g/mol. The Hall–Kier alpha value is -3.62. The molecule has 1 aromatic carbocycles. The van der Waals surface area contributed by atoms with Gasteiger partial charge in [-0.25, -0.2) is 4.79 Å². The molecular formula is C19H20N4O5. The van der Waals surface area contributed by atoms with Gasteiger partial charge in [0.2, 0.25) is 0 Å². The van der Waals surface area contributed by atoms with E-state index in [1.54, 1.807) is 36.0 Å². The van der Waals surface area contributed by atoms with Crippen molar-refractivity contribution in [3.05, 3.63) is 57.7 Å². The summed E-state index contributed by atoms with van der Waals surface area (Å²) in [7, 11) is 3.25. The number of amides is 2. The van der Waals surface area contributed by atoms with Crippen LogP contribution < -0.4 is 21.0 Å². The number of benzene rings is 1. The van der Waals surface area contributed by atoms with Crippen LogP contribution in [-0.4, -0.2) is 41.8 Å². The fourth-order valence-corrected chi connectivity index (χ4v) is 2.67. The molecule has 0 unspecified atom stereocenters. The Kier molecular flexibility index (Phi) is 5.44. The topological polar surface area (TPSA) is 115 Å². The standard InChI is InChI=1S/C19H20N4O5/c1-11-8-15(22-23(11)2)19(26)21-7-6-20-18(25)14-10-17(24)28-16-9-12(27-3)4-5-13(14)16/h4-5,8-10H,6-7H2,1-3H3,(H,20,25)(H,21,26). The minimum Gasteiger partial charge on any atom is -0.497 e. The van der Waals surface area contributed by atoms with Gasteiger partial charge in [0.25, 0.3) is 11.8 Å². The van der Waals surface area contributed by atoms with Gasteiger partial charge >= 0.3 is 5.63 Å². The molecule has 3 rings (SSSR count). The summed E-state index contributed by atoms with van der Waals surface area (Å²) in [5.74, 6) is -0.248. The predicted molar refractivity (Wildman–Crippen MR) is 102 cm³/mol. The van der Waals surface area contributed by atoms with Crippen LogP contribution in [0.25, 0.3) is 11.0 Å². The van der Waals surface area contributed by atoms with Crippen molar-refractivity contribution in [3.8, 4) is 5.75 Å². The summed E-state index contributed by atoms with van der Waals surface area (Å²) >= 11 is 0. The van der Waals surface area contributed by atoms with Gasteiger partial charge in [-0.3, -0.25) is 14.3 Å². The molecule has 146 valence electrons. The highest BCUT2D eigenvalue weighted by Gasteiger charge is 2.14. The van der Waals surface area contributed by atoms with Crippen LogP contribution in [0.4, 0.5) is 0 Å². The number of aryl methyl sites for hydroxylation is 2. The van der Waals surface area contributed by atoms with E-state index in [0.29, 0.717) is 16.8 Å². The first-order valence-electron chi connectivity index (χ1n) is 8.58. The van der Waals surface area contributed by atoms with Crippen LogP contribution in [0.5, 0.6) is 5.75 Å². The molecule has 0 aliphatic carbocycles. The van der Waals surface area contributed by atoms with E-state index in [1.165, 1.54) is 7.11 Å². The fraction of sp³-hybridized carbons (Fsp3) is 0.263. The molecule has 0 aliphatic rings. The van der Waals surface area contributed by atoms with Gasteiger partial charge < -0.3 is 19.8 Å². The second-order valence-electron chi connectivity index (χ2n) is 6.15. The van der Waals surface area contributed by atoms with Gasteiger partial charge in [0.15, 0.2) is 0 Å². The van der Waals surface area contributed by atoms with Crippen molar-refractivity contribution in [2.75, 3.05) is 20.2 Å². The van der Waals surface area contributed by atoms with Crippen molar-refractivity contribution in [1.82, 2.24) is 20.4 Å². The Bertz CT molecular complexity index is 1080. The number of hydrogen-bond acceptors (Lipinski definition) is 6. The number of nitrogens with one attached hydrogen (secondary N) is 2. The van der Waals surface area contributed by atoms with E-state index < -0.39 is 11.5 Å². The SMILES string of the molecule is COc1ccc2c(C(=O)NCCNC(=O)c3cc(C)n(C)n3)cc(=O)oc2c1. The molecule has 9 heteroatoms. The van der Waals surface area contributed by atoms with Gasteiger partial charge in [-0.15, -0.1) is 0 Å². The average Bonchev–Trinajstić information content (AvgIpc) is 3.02. The number of hydrogen-bond donors (Lipinski definition) is 2. The second-order valence-corrected chi connectivity index (χ2v) is 6.15.